The van der Waals surface area contributed by atoms with E-state index in [0.29, 0.717) is 17.9 Å². The van der Waals surface area contributed by atoms with Crippen LogP contribution in [0.25, 0.3) is 0 Å². The molecule has 0 amide bonds. The van der Waals surface area contributed by atoms with Gasteiger partial charge >= 0.3 is 5.97 Å². The van der Waals surface area contributed by atoms with Gasteiger partial charge in [0.15, 0.2) is 6.10 Å². The van der Waals surface area contributed by atoms with Crippen LogP contribution in [-0.4, -0.2) is 29.0 Å². The molecule has 1 heterocycles. The minimum atomic E-state index is -0.919. The SMILES string of the molecule is Nc1cc(F)cc(SCC2CCC(C(=O)O)O2)c1. The molecule has 6 heteroatoms. The summed E-state index contributed by atoms with van der Waals surface area (Å²) in [5, 5.41) is 8.79. The van der Waals surface area contributed by atoms with E-state index in [1.54, 1.807) is 6.07 Å². The number of benzene rings is 1. The van der Waals surface area contributed by atoms with E-state index in [1.165, 1.54) is 23.9 Å². The average Bonchev–Trinajstić information content (AvgIpc) is 2.73. The van der Waals surface area contributed by atoms with E-state index in [0.717, 1.165) is 11.3 Å². The van der Waals surface area contributed by atoms with E-state index in [4.69, 9.17) is 15.6 Å². The fraction of sp³-hybridized carbons (Fsp3) is 0.417. The Morgan fingerprint density at radius 1 is 1.50 bits per heavy atom. The number of aliphatic carboxylic acids is 1. The summed E-state index contributed by atoms with van der Waals surface area (Å²) in [5.74, 6) is -0.682. The highest BCUT2D eigenvalue weighted by atomic mass is 32.2. The normalized spacial score (nSPS) is 23.2. The number of rotatable bonds is 4. The molecule has 1 aliphatic rings. The van der Waals surface area contributed by atoms with Crippen molar-refractivity contribution in [2.24, 2.45) is 0 Å². The molecule has 1 aliphatic heterocycles. The van der Waals surface area contributed by atoms with Crippen LogP contribution >= 0.6 is 11.8 Å². The van der Waals surface area contributed by atoms with Crippen LogP contribution in [0.4, 0.5) is 10.1 Å². The van der Waals surface area contributed by atoms with E-state index in [1.807, 2.05) is 0 Å². The molecule has 2 rings (SSSR count). The minimum Gasteiger partial charge on any atom is -0.479 e. The van der Waals surface area contributed by atoms with Gasteiger partial charge in [-0.3, -0.25) is 0 Å². The largest absolute Gasteiger partial charge is 0.479 e. The Kier molecular flexibility index (Phi) is 4.08. The van der Waals surface area contributed by atoms with Gasteiger partial charge in [-0.05, 0) is 31.0 Å². The Labute approximate surface area is 108 Å². The van der Waals surface area contributed by atoms with Crippen LogP contribution in [0.5, 0.6) is 0 Å². The molecule has 1 aromatic carbocycles. The maximum absolute atomic E-state index is 13.1. The van der Waals surface area contributed by atoms with Gasteiger partial charge in [-0.15, -0.1) is 11.8 Å². The molecule has 0 radical (unpaired) electrons. The molecule has 0 aromatic heterocycles. The molecule has 3 N–H and O–H groups in total. The van der Waals surface area contributed by atoms with Gasteiger partial charge in [0.25, 0.3) is 0 Å². The highest BCUT2D eigenvalue weighted by Gasteiger charge is 2.30. The molecule has 0 spiro atoms. The third kappa shape index (κ3) is 3.36. The molecular weight excluding hydrogens is 257 g/mol. The minimum absolute atomic E-state index is 0.0967. The molecular formula is C12H14FNO3S. The lowest BCUT2D eigenvalue weighted by atomic mass is 10.2. The van der Waals surface area contributed by atoms with E-state index >= 15 is 0 Å². The quantitative estimate of drug-likeness (QED) is 0.648. The number of carbonyl (C=O) groups is 1. The summed E-state index contributed by atoms with van der Waals surface area (Å²) in [4.78, 5) is 11.4. The number of anilines is 1. The zero-order valence-corrected chi connectivity index (χ0v) is 10.5. The Morgan fingerprint density at radius 3 is 2.89 bits per heavy atom. The molecule has 98 valence electrons. The van der Waals surface area contributed by atoms with Gasteiger partial charge in [0.1, 0.15) is 5.82 Å². The molecule has 0 bridgehead atoms. The number of hydrogen-bond acceptors (Lipinski definition) is 4. The molecule has 2 atom stereocenters. The van der Waals surface area contributed by atoms with E-state index < -0.39 is 12.1 Å². The standard InChI is InChI=1S/C12H14FNO3S/c13-7-3-8(14)5-10(4-7)18-6-9-1-2-11(17-9)12(15)16/h3-5,9,11H,1-2,6,14H2,(H,15,16). The predicted molar refractivity (Wildman–Crippen MR) is 67.1 cm³/mol. The van der Waals surface area contributed by atoms with Crippen molar-refractivity contribution in [2.75, 3.05) is 11.5 Å². The monoisotopic (exact) mass is 271 g/mol. The van der Waals surface area contributed by atoms with Crippen LogP contribution in [0, 0.1) is 5.82 Å². The number of halogens is 1. The van der Waals surface area contributed by atoms with Crippen LogP contribution < -0.4 is 5.73 Å². The van der Waals surface area contributed by atoms with Crippen molar-refractivity contribution in [3.63, 3.8) is 0 Å². The summed E-state index contributed by atoms with van der Waals surface area (Å²) < 4.78 is 18.5. The van der Waals surface area contributed by atoms with Gasteiger partial charge in [-0.1, -0.05) is 0 Å². The van der Waals surface area contributed by atoms with E-state index in [-0.39, 0.29) is 11.9 Å². The number of carboxylic acid groups (broad SMARTS) is 1. The third-order valence-electron chi connectivity index (χ3n) is 2.71. The maximum atomic E-state index is 13.1. The number of carboxylic acids is 1. The number of nitrogens with two attached hydrogens (primary N) is 1. The first-order valence-electron chi connectivity index (χ1n) is 5.62. The van der Waals surface area contributed by atoms with Crippen molar-refractivity contribution >= 4 is 23.4 Å². The van der Waals surface area contributed by atoms with Crippen molar-refractivity contribution in [3.8, 4) is 0 Å². The summed E-state index contributed by atoms with van der Waals surface area (Å²) in [7, 11) is 0. The molecule has 0 saturated carbocycles. The van der Waals surface area contributed by atoms with Gasteiger partial charge in [-0.25, -0.2) is 9.18 Å². The maximum Gasteiger partial charge on any atom is 0.332 e. The molecule has 1 aromatic rings. The molecule has 1 fully saturated rings. The summed E-state index contributed by atoms with van der Waals surface area (Å²) in [6.07, 6.45) is 0.453. The number of thioether (sulfide) groups is 1. The van der Waals surface area contributed by atoms with Crippen molar-refractivity contribution in [3.05, 3.63) is 24.0 Å². The van der Waals surface area contributed by atoms with Crippen LogP contribution in [-0.2, 0) is 9.53 Å². The van der Waals surface area contributed by atoms with Gasteiger partial charge in [-0.2, -0.15) is 0 Å². The zero-order chi connectivity index (χ0) is 13.1. The van der Waals surface area contributed by atoms with Gasteiger partial charge in [0.05, 0.1) is 6.10 Å². The van der Waals surface area contributed by atoms with Crippen molar-refractivity contribution < 1.29 is 19.0 Å². The first kappa shape index (κ1) is 13.2. The van der Waals surface area contributed by atoms with E-state index in [9.17, 15) is 9.18 Å². The molecule has 0 aliphatic carbocycles. The zero-order valence-electron chi connectivity index (χ0n) is 9.64. The number of nitrogen functional groups attached to an aromatic ring is 1. The van der Waals surface area contributed by atoms with Gasteiger partial charge in [0, 0.05) is 16.3 Å². The van der Waals surface area contributed by atoms with Crippen molar-refractivity contribution in [2.45, 2.75) is 29.9 Å². The Balaban J connectivity index is 1.87. The van der Waals surface area contributed by atoms with Crippen LogP contribution in [0.2, 0.25) is 0 Å². The highest BCUT2D eigenvalue weighted by molar-refractivity contribution is 7.99. The second-order valence-corrected chi connectivity index (χ2v) is 5.29. The van der Waals surface area contributed by atoms with Crippen LogP contribution in [0.15, 0.2) is 23.1 Å². The fourth-order valence-corrected chi connectivity index (χ4v) is 2.91. The topological polar surface area (TPSA) is 72.6 Å². The lowest BCUT2D eigenvalue weighted by Gasteiger charge is -2.11. The number of hydrogen-bond donors (Lipinski definition) is 2. The summed E-state index contributed by atoms with van der Waals surface area (Å²) in [6, 6.07) is 4.36. The second-order valence-electron chi connectivity index (χ2n) is 4.19. The first-order chi connectivity index (χ1) is 8.54. The first-order valence-corrected chi connectivity index (χ1v) is 6.60. The summed E-state index contributed by atoms with van der Waals surface area (Å²) in [6.45, 7) is 0. The third-order valence-corrected chi connectivity index (χ3v) is 3.82. The van der Waals surface area contributed by atoms with Gasteiger partial charge in [0.2, 0.25) is 0 Å². The summed E-state index contributed by atoms with van der Waals surface area (Å²) in [5.41, 5.74) is 5.93. The molecule has 1 saturated heterocycles. The fourth-order valence-electron chi connectivity index (χ4n) is 1.87. The smallest absolute Gasteiger partial charge is 0.332 e. The molecule has 18 heavy (non-hydrogen) atoms. The van der Waals surface area contributed by atoms with Crippen LogP contribution in [0.1, 0.15) is 12.8 Å². The van der Waals surface area contributed by atoms with Crippen LogP contribution in [0.3, 0.4) is 0 Å². The Bertz CT molecular complexity index is 435. The highest BCUT2D eigenvalue weighted by Crippen LogP contribution is 2.28. The van der Waals surface area contributed by atoms with Crippen molar-refractivity contribution in [1.82, 2.24) is 0 Å². The predicted octanol–water partition coefficient (Wildman–Crippen LogP) is 2.13. The summed E-state index contributed by atoms with van der Waals surface area (Å²) >= 11 is 1.42. The molecule has 4 nitrogen and oxygen atoms in total. The second kappa shape index (κ2) is 5.58. The van der Waals surface area contributed by atoms with Gasteiger partial charge < -0.3 is 15.6 Å². The Morgan fingerprint density at radius 2 is 2.28 bits per heavy atom. The average molecular weight is 271 g/mol. The lowest BCUT2D eigenvalue weighted by Crippen LogP contribution is -2.21. The van der Waals surface area contributed by atoms with Crippen molar-refractivity contribution in [1.29, 1.82) is 0 Å². The number of ether oxygens (including phenoxy) is 1. The lowest BCUT2D eigenvalue weighted by molar-refractivity contribution is -0.148. The Hall–Kier alpha value is -1.27. The van der Waals surface area contributed by atoms with E-state index in [2.05, 4.69) is 0 Å². The molecule has 2 unspecified atom stereocenters.